The Bertz CT molecular complexity index is 1140. The van der Waals surface area contributed by atoms with Gasteiger partial charge in [0, 0.05) is 44.3 Å². The standard InChI is InChI=1S/C29H33N3O2/c1-3-31(4-2)29(33)23-14-15-26-28(20-23)34-27-13-9-8-12-25(27)32(26)24-16-18-30(19-17-24)21-22-10-6-5-7-11-22/h5-15,20,24H,3-4,16-19,21H2,1-2H3. The van der Waals surface area contributed by atoms with Gasteiger partial charge in [0.1, 0.15) is 0 Å². The smallest absolute Gasteiger partial charge is 0.253 e. The summed E-state index contributed by atoms with van der Waals surface area (Å²) in [5.41, 5.74) is 4.21. The predicted octanol–water partition coefficient (Wildman–Crippen LogP) is 6.08. The predicted molar refractivity (Wildman–Crippen MR) is 137 cm³/mol. The van der Waals surface area contributed by atoms with Crippen LogP contribution in [-0.2, 0) is 6.54 Å². The number of para-hydroxylation sites is 2. The van der Waals surface area contributed by atoms with Crippen LogP contribution in [0.4, 0.5) is 11.4 Å². The maximum absolute atomic E-state index is 13.0. The fraction of sp³-hybridized carbons (Fsp3) is 0.345. The van der Waals surface area contributed by atoms with E-state index in [4.69, 9.17) is 4.74 Å². The van der Waals surface area contributed by atoms with Crippen molar-refractivity contribution in [2.24, 2.45) is 0 Å². The number of anilines is 2. The van der Waals surface area contributed by atoms with E-state index in [1.165, 1.54) is 5.56 Å². The Hall–Kier alpha value is -3.31. The third-order valence-corrected chi connectivity index (χ3v) is 7.03. The summed E-state index contributed by atoms with van der Waals surface area (Å²) in [6, 6.07) is 25.3. The van der Waals surface area contributed by atoms with Crippen molar-refractivity contribution >= 4 is 17.3 Å². The average molecular weight is 456 g/mol. The molecule has 1 saturated heterocycles. The minimum Gasteiger partial charge on any atom is -0.453 e. The number of ether oxygens (including phenoxy) is 1. The Morgan fingerprint density at radius 1 is 0.882 bits per heavy atom. The number of carbonyl (C=O) groups excluding carboxylic acids is 1. The normalized spacial score (nSPS) is 15.9. The van der Waals surface area contributed by atoms with Gasteiger partial charge in [-0.25, -0.2) is 0 Å². The molecule has 0 atom stereocenters. The molecule has 2 aliphatic rings. The molecular weight excluding hydrogens is 422 g/mol. The van der Waals surface area contributed by atoms with E-state index in [2.05, 4.69) is 58.3 Å². The number of piperidine rings is 1. The first-order chi connectivity index (χ1) is 16.7. The van der Waals surface area contributed by atoms with Crippen molar-refractivity contribution < 1.29 is 9.53 Å². The Labute approximate surface area is 202 Å². The highest BCUT2D eigenvalue weighted by molar-refractivity contribution is 5.96. The van der Waals surface area contributed by atoms with Crippen molar-refractivity contribution in [2.75, 3.05) is 31.1 Å². The molecule has 0 unspecified atom stereocenters. The van der Waals surface area contributed by atoms with Crippen LogP contribution < -0.4 is 9.64 Å². The van der Waals surface area contributed by atoms with Gasteiger partial charge >= 0.3 is 0 Å². The lowest BCUT2D eigenvalue weighted by atomic mass is 9.99. The summed E-state index contributed by atoms with van der Waals surface area (Å²) < 4.78 is 6.31. The number of rotatable bonds is 6. The molecule has 5 rings (SSSR count). The van der Waals surface area contributed by atoms with Crippen LogP contribution in [0.15, 0.2) is 72.8 Å². The summed E-state index contributed by atoms with van der Waals surface area (Å²) in [5.74, 6) is 1.67. The number of fused-ring (bicyclic) bond motifs is 2. The van der Waals surface area contributed by atoms with Crippen LogP contribution in [0.25, 0.3) is 0 Å². The van der Waals surface area contributed by atoms with Crippen LogP contribution in [-0.4, -0.2) is 47.9 Å². The van der Waals surface area contributed by atoms with Gasteiger partial charge in [0.2, 0.25) is 0 Å². The zero-order valence-electron chi connectivity index (χ0n) is 20.1. The second-order valence-corrected chi connectivity index (χ2v) is 9.09. The largest absolute Gasteiger partial charge is 0.453 e. The Balaban J connectivity index is 1.39. The van der Waals surface area contributed by atoms with Crippen LogP contribution >= 0.6 is 0 Å². The van der Waals surface area contributed by atoms with Crippen molar-refractivity contribution in [1.82, 2.24) is 9.80 Å². The van der Waals surface area contributed by atoms with Crippen LogP contribution in [0.5, 0.6) is 11.5 Å². The van der Waals surface area contributed by atoms with E-state index in [9.17, 15) is 4.79 Å². The topological polar surface area (TPSA) is 36.0 Å². The molecule has 1 amide bonds. The van der Waals surface area contributed by atoms with Crippen LogP contribution in [0.2, 0.25) is 0 Å². The van der Waals surface area contributed by atoms with E-state index in [0.717, 1.165) is 55.3 Å². The zero-order valence-corrected chi connectivity index (χ0v) is 20.1. The van der Waals surface area contributed by atoms with Crippen LogP contribution in [0.1, 0.15) is 42.6 Å². The number of likely N-dealkylation sites (tertiary alicyclic amines) is 1. The quantitative estimate of drug-likeness (QED) is 0.451. The lowest BCUT2D eigenvalue weighted by Crippen LogP contribution is -2.43. The Kier molecular flexibility index (Phi) is 6.54. The van der Waals surface area contributed by atoms with Crippen LogP contribution in [0.3, 0.4) is 0 Å². The van der Waals surface area contributed by atoms with Gasteiger partial charge in [-0.1, -0.05) is 42.5 Å². The summed E-state index contributed by atoms with van der Waals surface area (Å²) in [7, 11) is 0. The van der Waals surface area contributed by atoms with Gasteiger partial charge in [-0.3, -0.25) is 9.69 Å². The molecule has 3 aromatic carbocycles. The molecule has 2 heterocycles. The molecule has 5 heteroatoms. The second kappa shape index (κ2) is 9.90. The van der Waals surface area contributed by atoms with E-state index in [0.29, 0.717) is 24.7 Å². The maximum Gasteiger partial charge on any atom is 0.253 e. The van der Waals surface area contributed by atoms with Gasteiger partial charge in [-0.05, 0) is 62.6 Å². The highest BCUT2D eigenvalue weighted by atomic mass is 16.5. The molecule has 0 radical (unpaired) electrons. The number of carbonyl (C=O) groups is 1. The van der Waals surface area contributed by atoms with Crippen molar-refractivity contribution in [3.8, 4) is 11.5 Å². The number of hydrogen-bond acceptors (Lipinski definition) is 4. The first-order valence-corrected chi connectivity index (χ1v) is 12.4. The molecule has 5 nitrogen and oxygen atoms in total. The molecule has 0 saturated carbocycles. The molecule has 0 aliphatic carbocycles. The molecule has 34 heavy (non-hydrogen) atoms. The van der Waals surface area contributed by atoms with E-state index in [1.807, 2.05) is 43.0 Å². The number of benzene rings is 3. The fourth-order valence-corrected chi connectivity index (χ4v) is 5.18. The van der Waals surface area contributed by atoms with Gasteiger partial charge in [-0.15, -0.1) is 0 Å². The monoisotopic (exact) mass is 455 g/mol. The first-order valence-electron chi connectivity index (χ1n) is 12.4. The molecule has 1 fully saturated rings. The third-order valence-electron chi connectivity index (χ3n) is 7.03. The summed E-state index contributed by atoms with van der Waals surface area (Å²) in [5, 5.41) is 0. The summed E-state index contributed by atoms with van der Waals surface area (Å²) in [4.78, 5) is 19.8. The fourth-order valence-electron chi connectivity index (χ4n) is 5.18. The lowest BCUT2D eigenvalue weighted by molar-refractivity contribution is 0.0772. The molecular formula is C29H33N3O2. The zero-order chi connectivity index (χ0) is 23.5. The van der Waals surface area contributed by atoms with Gasteiger partial charge in [-0.2, -0.15) is 0 Å². The van der Waals surface area contributed by atoms with Crippen molar-refractivity contribution in [2.45, 2.75) is 39.3 Å². The minimum absolute atomic E-state index is 0.0519. The van der Waals surface area contributed by atoms with Gasteiger partial charge in [0.15, 0.2) is 11.5 Å². The summed E-state index contributed by atoms with van der Waals surface area (Å²) in [6.45, 7) is 8.55. The van der Waals surface area contributed by atoms with Gasteiger partial charge in [0.25, 0.3) is 5.91 Å². The molecule has 176 valence electrons. The Morgan fingerprint density at radius 3 is 2.29 bits per heavy atom. The molecule has 0 bridgehead atoms. The van der Waals surface area contributed by atoms with Gasteiger partial charge < -0.3 is 14.5 Å². The minimum atomic E-state index is 0.0519. The van der Waals surface area contributed by atoms with Crippen molar-refractivity contribution in [3.05, 3.63) is 83.9 Å². The Morgan fingerprint density at radius 2 is 1.56 bits per heavy atom. The number of amides is 1. The molecule has 2 aliphatic heterocycles. The van der Waals surface area contributed by atoms with Crippen LogP contribution in [0, 0.1) is 0 Å². The van der Waals surface area contributed by atoms with Crippen molar-refractivity contribution in [1.29, 1.82) is 0 Å². The number of nitrogens with zero attached hydrogens (tertiary/aromatic N) is 3. The summed E-state index contributed by atoms with van der Waals surface area (Å²) >= 11 is 0. The highest BCUT2D eigenvalue weighted by Crippen LogP contribution is 2.49. The van der Waals surface area contributed by atoms with E-state index in [-0.39, 0.29) is 5.91 Å². The lowest BCUT2D eigenvalue weighted by Gasteiger charge is -2.42. The van der Waals surface area contributed by atoms with Gasteiger partial charge in [0.05, 0.1) is 11.4 Å². The third kappa shape index (κ3) is 4.40. The first kappa shape index (κ1) is 22.5. The highest BCUT2D eigenvalue weighted by Gasteiger charge is 2.33. The maximum atomic E-state index is 13.0. The molecule has 0 N–H and O–H groups in total. The second-order valence-electron chi connectivity index (χ2n) is 9.09. The van der Waals surface area contributed by atoms with Crippen molar-refractivity contribution in [3.63, 3.8) is 0 Å². The molecule has 0 aromatic heterocycles. The van der Waals surface area contributed by atoms with E-state index >= 15 is 0 Å². The number of hydrogen-bond donors (Lipinski definition) is 0. The average Bonchev–Trinajstić information content (AvgIpc) is 2.89. The summed E-state index contributed by atoms with van der Waals surface area (Å²) in [6.07, 6.45) is 2.17. The SMILES string of the molecule is CCN(CC)C(=O)c1ccc2c(c1)Oc1ccccc1N2C1CCN(Cc2ccccc2)CC1. The van der Waals surface area contributed by atoms with E-state index < -0.39 is 0 Å². The molecule has 0 spiro atoms. The molecule has 3 aromatic rings. The van der Waals surface area contributed by atoms with E-state index in [1.54, 1.807) is 0 Å².